The molecule has 3 aromatic heterocycles. The minimum absolute atomic E-state index is 0.139. The van der Waals surface area contributed by atoms with Crippen LogP contribution >= 0.6 is 11.6 Å². The van der Waals surface area contributed by atoms with E-state index in [4.69, 9.17) is 16.3 Å². The van der Waals surface area contributed by atoms with Gasteiger partial charge in [0.05, 0.1) is 30.9 Å². The Kier molecular flexibility index (Phi) is 7.76. The number of amides is 1. The van der Waals surface area contributed by atoms with Gasteiger partial charge in [-0.3, -0.25) is 9.48 Å². The molecule has 1 unspecified atom stereocenters. The number of rotatable bonds is 9. The van der Waals surface area contributed by atoms with Crippen molar-refractivity contribution in [2.75, 3.05) is 25.1 Å². The molecule has 11 nitrogen and oxygen atoms in total. The summed E-state index contributed by atoms with van der Waals surface area (Å²) in [5.41, 5.74) is 3.80. The van der Waals surface area contributed by atoms with Crippen LogP contribution < -0.4 is 10.2 Å². The molecule has 1 saturated heterocycles. The van der Waals surface area contributed by atoms with Gasteiger partial charge >= 0.3 is 0 Å². The summed E-state index contributed by atoms with van der Waals surface area (Å²) < 4.78 is 36.5. The van der Waals surface area contributed by atoms with Crippen LogP contribution in [0.5, 0.6) is 0 Å². The third kappa shape index (κ3) is 5.80. The number of hydrogen-bond acceptors (Lipinski definition) is 8. The number of tetrazole rings is 1. The minimum atomic E-state index is -2.74. The molecule has 40 heavy (non-hydrogen) atoms. The largest absolute Gasteiger partial charge is 0.378 e. The Labute approximate surface area is 234 Å². The highest BCUT2D eigenvalue weighted by atomic mass is 35.5. The van der Waals surface area contributed by atoms with E-state index in [2.05, 4.69) is 30.9 Å². The van der Waals surface area contributed by atoms with E-state index in [-0.39, 0.29) is 32.1 Å². The van der Waals surface area contributed by atoms with Crippen molar-refractivity contribution in [1.82, 2.24) is 40.3 Å². The zero-order valence-corrected chi connectivity index (χ0v) is 22.9. The van der Waals surface area contributed by atoms with Gasteiger partial charge in [-0.1, -0.05) is 24.6 Å². The van der Waals surface area contributed by atoms with Gasteiger partial charge in [0.1, 0.15) is 17.8 Å². The summed E-state index contributed by atoms with van der Waals surface area (Å²) in [7, 11) is 1.53. The van der Waals surface area contributed by atoms with E-state index >= 15 is 0 Å². The van der Waals surface area contributed by atoms with Crippen molar-refractivity contribution in [3.05, 3.63) is 76.0 Å². The molecule has 14 heteroatoms. The van der Waals surface area contributed by atoms with Crippen LogP contribution in [0, 0.1) is 12.8 Å². The molecule has 0 saturated carbocycles. The number of pyridine rings is 1. The molecular formula is C26H28ClF2N9O2. The van der Waals surface area contributed by atoms with Gasteiger partial charge in [0, 0.05) is 43.0 Å². The lowest BCUT2D eigenvalue weighted by atomic mass is 10.1. The summed E-state index contributed by atoms with van der Waals surface area (Å²) in [5.74, 6) is -3.28. The standard InChI is InChI=1S/C26H28ClF2N9O2/c1-16-10-36(14-26(16,28)29)24-7-4-18(17(2)32-24)11-37-12-21(22(33-37)13-40-3)25(39)30-9-19-8-20(27)5-6-23(19)38-15-31-34-35-38/h4-8,12,15-16H,9-11,13-14H2,1-3H3,(H,30,39). The second-order valence-corrected chi connectivity index (χ2v) is 10.2. The first kappa shape index (κ1) is 27.6. The van der Waals surface area contributed by atoms with Crippen LogP contribution in [0.25, 0.3) is 5.69 Å². The van der Waals surface area contributed by atoms with E-state index < -0.39 is 11.8 Å². The Bertz CT molecular complexity index is 1510. The van der Waals surface area contributed by atoms with Crippen molar-refractivity contribution in [2.45, 2.75) is 39.5 Å². The molecule has 1 aromatic carbocycles. The molecule has 1 fully saturated rings. The first-order valence-electron chi connectivity index (χ1n) is 12.6. The molecule has 1 aliphatic rings. The number of carbonyl (C=O) groups is 1. The van der Waals surface area contributed by atoms with Gasteiger partial charge in [-0.25, -0.2) is 18.4 Å². The van der Waals surface area contributed by atoms with E-state index in [9.17, 15) is 13.6 Å². The first-order valence-corrected chi connectivity index (χ1v) is 13.0. The van der Waals surface area contributed by atoms with Crippen LogP contribution in [-0.4, -0.2) is 67.0 Å². The van der Waals surface area contributed by atoms with Crippen LogP contribution in [-0.2, 0) is 24.4 Å². The maximum atomic E-state index is 14.0. The number of nitrogens with zero attached hydrogens (tertiary/aromatic N) is 8. The van der Waals surface area contributed by atoms with Crippen molar-refractivity contribution < 1.29 is 18.3 Å². The van der Waals surface area contributed by atoms with Crippen LogP contribution in [0.3, 0.4) is 0 Å². The Hall–Kier alpha value is -3.97. The van der Waals surface area contributed by atoms with Crippen LogP contribution in [0.4, 0.5) is 14.6 Å². The zero-order chi connectivity index (χ0) is 28.4. The lowest BCUT2D eigenvalue weighted by Gasteiger charge is -2.18. The molecule has 4 heterocycles. The quantitative estimate of drug-likeness (QED) is 0.325. The normalized spacial score (nSPS) is 16.4. The number of carbonyl (C=O) groups excluding carboxylic acids is 1. The van der Waals surface area contributed by atoms with E-state index in [0.29, 0.717) is 40.0 Å². The smallest absolute Gasteiger partial charge is 0.269 e. The predicted molar refractivity (Wildman–Crippen MR) is 143 cm³/mol. The monoisotopic (exact) mass is 571 g/mol. The number of nitrogens with one attached hydrogen (secondary N) is 1. The number of aryl methyl sites for hydroxylation is 1. The molecule has 5 rings (SSSR count). The fourth-order valence-corrected chi connectivity index (χ4v) is 4.84. The Balaban J connectivity index is 1.31. The number of halogens is 3. The molecule has 4 aromatic rings. The van der Waals surface area contributed by atoms with Gasteiger partial charge in [-0.2, -0.15) is 5.10 Å². The average Bonchev–Trinajstić information content (AvgIpc) is 3.64. The fourth-order valence-electron chi connectivity index (χ4n) is 4.64. The van der Waals surface area contributed by atoms with E-state index in [1.54, 1.807) is 47.0 Å². The molecule has 0 spiro atoms. The number of benzene rings is 1. The van der Waals surface area contributed by atoms with Crippen LogP contribution in [0.2, 0.25) is 5.02 Å². The number of ether oxygens (including phenoxy) is 1. The second-order valence-electron chi connectivity index (χ2n) is 9.79. The lowest BCUT2D eigenvalue weighted by molar-refractivity contribution is -0.0138. The van der Waals surface area contributed by atoms with Crippen molar-refractivity contribution >= 4 is 23.3 Å². The fraction of sp³-hybridized carbons (Fsp3) is 0.385. The number of aromatic nitrogens is 7. The summed E-state index contributed by atoms with van der Waals surface area (Å²) in [5, 5.41) is 19.2. The van der Waals surface area contributed by atoms with Crippen molar-refractivity contribution in [2.24, 2.45) is 5.92 Å². The van der Waals surface area contributed by atoms with Crippen molar-refractivity contribution in [3.63, 3.8) is 0 Å². The molecule has 210 valence electrons. The van der Waals surface area contributed by atoms with E-state index in [1.165, 1.54) is 18.1 Å². The van der Waals surface area contributed by atoms with Gasteiger partial charge in [0.25, 0.3) is 11.8 Å². The van der Waals surface area contributed by atoms with Gasteiger partial charge in [0.15, 0.2) is 0 Å². The average molecular weight is 572 g/mol. The zero-order valence-electron chi connectivity index (χ0n) is 22.2. The molecule has 0 bridgehead atoms. The maximum absolute atomic E-state index is 14.0. The number of alkyl halides is 2. The number of anilines is 1. The topological polar surface area (TPSA) is 116 Å². The van der Waals surface area contributed by atoms with Gasteiger partial charge < -0.3 is 15.0 Å². The maximum Gasteiger partial charge on any atom is 0.269 e. The van der Waals surface area contributed by atoms with Crippen LogP contribution in [0.15, 0.2) is 42.9 Å². The Morgan fingerprint density at radius 3 is 2.75 bits per heavy atom. The highest BCUT2D eigenvalue weighted by Gasteiger charge is 2.45. The summed E-state index contributed by atoms with van der Waals surface area (Å²) in [4.78, 5) is 19.4. The third-order valence-corrected chi connectivity index (χ3v) is 7.13. The van der Waals surface area contributed by atoms with E-state index in [0.717, 1.165) is 11.1 Å². The highest BCUT2D eigenvalue weighted by molar-refractivity contribution is 6.30. The van der Waals surface area contributed by atoms with Crippen molar-refractivity contribution in [1.29, 1.82) is 0 Å². The minimum Gasteiger partial charge on any atom is -0.378 e. The SMILES string of the molecule is COCc1nn(Cc2ccc(N3CC(C)C(F)(F)C3)nc2C)cc1C(=O)NCc1cc(Cl)ccc1-n1cnnn1. The summed E-state index contributed by atoms with van der Waals surface area (Å²) in [6.45, 7) is 3.94. The van der Waals surface area contributed by atoms with Crippen LogP contribution in [0.1, 0.15) is 39.8 Å². The Morgan fingerprint density at radius 1 is 1.25 bits per heavy atom. The third-order valence-electron chi connectivity index (χ3n) is 6.89. The highest BCUT2D eigenvalue weighted by Crippen LogP contribution is 2.35. The molecule has 1 aliphatic heterocycles. The molecular weight excluding hydrogens is 544 g/mol. The van der Waals surface area contributed by atoms with Gasteiger partial charge in [-0.15, -0.1) is 5.10 Å². The van der Waals surface area contributed by atoms with E-state index in [1.807, 2.05) is 13.0 Å². The molecule has 1 N–H and O–H groups in total. The number of hydrogen-bond donors (Lipinski definition) is 1. The Morgan fingerprint density at radius 2 is 2.08 bits per heavy atom. The molecule has 0 radical (unpaired) electrons. The first-order chi connectivity index (χ1) is 19.1. The summed E-state index contributed by atoms with van der Waals surface area (Å²) in [6.07, 6.45) is 3.11. The summed E-state index contributed by atoms with van der Waals surface area (Å²) >= 11 is 6.19. The molecule has 0 aliphatic carbocycles. The molecule has 1 atom stereocenters. The van der Waals surface area contributed by atoms with Gasteiger partial charge in [0.2, 0.25) is 0 Å². The molecule has 1 amide bonds. The van der Waals surface area contributed by atoms with Crippen molar-refractivity contribution in [3.8, 4) is 5.69 Å². The van der Waals surface area contributed by atoms with Gasteiger partial charge in [-0.05, 0) is 52.7 Å². The second kappa shape index (κ2) is 11.3. The lowest BCUT2D eigenvalue weighted by Crippen LogP contribution is -2.27. The predicted octanol–water partition coefficient (Wildman–Crippen LogP) is 3.43. The number of methoxy groups -OCH3 is 1. The summed E-state index contributed by atoms with van der Waals surface area (Å²) in [6, 6.07) is 8.83.